The first-order valence-electron chi connectivity index (χ1n) is 26.3. The van der Waals surface area contributed by atoms with Crippen molar-refractivity contribution in [3.05, 3.63) is 52.7 Å². The van der Waals surface area contributed by atoms with Gasteiger partial charge in [0.2, 0.25) is 0 Å². The highest BCUT2D eigenvalue weighted by molar-refractivity contribution is 8.76. The predicted molar refractivity (Wildman–Crippen MR) is 262 cm³/mol. The van der Waals surface area contributed by atoms with E-state index in [-0.39, 0.29) is 83.4 Å². The number of carbonyl (C=O) groups is 1. The Labute approximate surface area is 400 Å². The van der Waals surface area contributed by atoms with Gasteiger partial charge in [-0.2, -0.15) is 0 Å². The number of aliphatic imine (C=N–C) groups is 1. The molecule has 1 aromatic heterocycles. The second-order valence-electron chi connectivity index (χ2n) is 25.1. The number of fused-ring (bicyclic) bond motifs is 10. The molecule has 0 unspecified atom stereocenters. The molecule has 7 saturated carbocycles. The molecule has 0 radical (unpaired) electrons. The number of imidazole rings is 1. The van der Waals surface area contributed by atoms with Gasteiger partial charge in [0.1, 0.15) is 0 Å². The highest BCUT2D eigenvalue weighted by atomic mass is 33.1. The van der Waals surface area contributed by atoms with Crippen LogP contribution in [0.2, 0.25) is 0 Å². The van der Waals surface area contributed by atoms with Gasteiger partial charge in [-0.15, -0.1) is 0 Å². The fourth-order valence-corrected chi connectivity index (χ4v) is 22.9. The van der Waals surface area contributed by atoms with Crippen molar-refractivity contribution in [1.82, 2.24) is 9.55 Å². The molecule has 10 aliphatic carbocycles. The van der Waals surface area contributed by atoms with E-state index in [2.05, 4.69) is 43.4 Å². The zero-order valence-electron chi connectivity index (χ0n) is 39.9. The largest absolute Gasteiger partial charge is 0.392 e. The minimum Gasteiger partial charge on any atom is -0.392 e. The van der Waals surface area contributed by atoms with Crippen LogP contribution in [0.1, 0.15) is 136 Å². The van der Waals surface area contributed by atoms with Crippen LogP contribution in [0.25, 0.3) is 0 Å². The first-order chi connectivity index (χ1) is 31.5. The van der Waals surface area contributed by atoms with Crippen LogP contribution in [-0.4, -0.2) is 83.7 Å². The molecule has 8 fully saturated rings. The maximum absolute atomic E-state index is 14.8. The van der Waals surface area contributed by atoms with Crippen molar-refractivity contribution in [2.75, 3.05) is 18.1 Å². The summed E-state index contributed by atoms with van der Waals surface area (Å²) in [7, 11) is 3.80. The SMILES string of the molecule is CC1(C)C[C@H](n2ccnc2)CSSC[C@H]2C[C@@H]3[C@H]4[C@H](O)[C@@H]5C6=C(CCC[C@@H]6[C@H]4CC[C@@H]4[C@H](CN=C(N)N)[C@H]6C(=CC(=O)[C@@H]7C[C@@H](O)[C@@H](O)C[C@]67C)[C@@]2(O)[C@]43C)[C@H]2C(=C51)CCCC21CCCC1. The maximum Gasteiger partial charge on any atom is 0.185 e. The van der Waals surface area contributed by atoms with E-state index in [4.69, 9.17) is 16.5 Å². The lowest BCUT2D eigenvalue weighted by atomic mass is 9.39. The van der Waals surface area contributed by atoms with Gasteiger partial charge >= 0.3 is 0 Å². The van der Waals surface area contributed by atoms with Crippen LogP contribution < -0.4 is 11.5 Å². The molecule has 1 aliphatic heterocycles. The smallest absolute Gasteiger partial charge is 0.185 e. The van der Waals surface area contributed by atoms with Crippen molar-refractivity contribution < 1.29 is 25.2 Å². The molecule has 2 heterocycles. The molecule has 66 heavy (non-hydrogen) atoms. The normalized spacial score (nSPS) is 48.8. The predicted octanol–water partition coefficient (Wildman–Crippen LogP) is 8.18. The molecule has 18 atom stereocenters. The number of hydrogen-bond donors (Lipinski definition) is 6. The monoisotopic (exact) mass is 940 g/mol. The standard InChI is InChI=1S/C54H77N5O5S2/c1-50(2)22-29(59-18-17-57-27-59)26-66-65-25-28-19-37-43-31(30-9-7-10-32-42(30)44(48(43)63)47(50)33-11-8-16-53(45(32)33)14-5-6-15-53)12-13-35-34(24-58-49(55)56)46-38(54(28,64)52(35,37)4)21-39(60)36-20-40(61)41(62)23-51(36,46)3/h17-18,21,27-31,34-37,40-41,43-46,48,61-64H,5-16,19-20,22-26H2,1-4H3,(H4,55,56,58)/t28-,29+,30-,31-,34+,35-,36+,37-,40-,41+,43+,44-,45+,46+,48+,51+,52-,54-/m1/s1. The van der Waals surface area contributed by atoms with Crippen molar-refractivity contribution in [2.24, 2.45) is 103 Å². The van der Waals surface area contributed by atoms with E-state index < -0.39 is 40.7 Å². The van der Waals surface area contributed by atoms with Gasteiger partial charge in [0, 0.05) is 65.6 Å². The number of carbonyl (C=O) groups excluding carboxylic acids is 1. The average molecular weight is 940 g/mol. The zero-order chi connectivity index (χ0) is 45.9. The topological polar surface area (TPSA) is 180 Å². The van der Waals surface area contributed by atoms with Crippen LogP contribution in [0.5, 0.6) is 0 Å². The Balaban J connectivity index is 1.09. The Bertz CT molecular complexity index is 2260. The maximum atomic E-state index is 14.8. The summed E-state index contributed by atoms with van der Waals surface area (Å²) in [5.74, 6) is 1.80. The number of rotatable bonds is 3. The number of nitrogens with two attached hydrogens (primary N) is 2. The van der Waals surface area contributed by atoms with Gasteiger partial charge < -0.3 is 36.5 Å². The van der Waals surface area contributed by atoms with E-state index >= 15 is 0 Å². The van der Waals surface area contributed by atoms with E-state index in [1.165, 1.54) is 44.9 Å². The Morgan fingerprint density at radius 1 is 0.909 bits per heavy atom. The van der Waals surface area contributed by atoms with Gasteiger partial charge in [0.05, 0.1) is 30.2 Å². The van der Waals surface area contributed by atoms with E-state index in [9.17, 15) is 25.2 Å². The molecular formula is C54H77N5O5S2. The number of aliphatic hydroxyl groups is 4. The van der Waals surface area contributed by atoms with Gasteiger partial charge in [0.15, 0.2) is 11.7 Å². The second-order valence-corrected chi connectivity index (χ2v) is 27.7. The van der Waals surface area contributed by atoms with E-state index in [1.54, 1.807) is 22.3 Å². The summed E-state index contributed by atoms with van der Waals surface area (Å²) >= 11 is 0. The third kappa shape index (κ3) is 6.05. The zero-order valence-corrected chi connectivity index (χ0v) is 41.5. The Hall–Kier alpha value is -2.09. The Morgan fingerprint density at radius 2 is 1.67 bits per heavy atom. The van der Waals surface area contributed by atoms with Gasteiger partial charge in [0.25, 0.3) is 0 Å². The first kappa shape index (κ1) is 45.1. The van der Waals surface area contributed by atoms with Crippen LogP contribution in [-0.2, 0) is 4.79 Å². The molecular weight excluding hydrogens is 863 g/mol. The molecule has 1 aromatic rings. The number of guanidine groups is 1. The van der Waals surface area contributed by atoms with Crippen molar-refractivity contribution in [1.29, 1.82) is 0 Å². The molecule has 0 aromatic carbocycles. The fourth-order valence-electron chi connectivity index (χ4n) is 20.2. The fraction of sp³-hybridized carbons (Fsp3) is 0.796. The third-order valence-electron chi connectivity index (χ3n) is 22.2. The number of allylic oxidation sites excluding steroid dienone is 3. The lowest BCUT2D eigenvalue weighted by Gasteiger charge is -2.66. The number of aliphatic hydroxyl groups excluding tert-OH is 3. The molecule has 12 rings (SSSR count). The molecule has 0 amide bonds. The summed E-state index contributed by atoms with van der Waals surface area (Å²) in [4.78, 5) is 24.2. The molecule has 1 spiro atoms. The highest BCUT2D eigenvalue weighted by Gasteiger charge is 2.77. The summed E-state index contributed by atoms with van der Waals surface area (Å²) in [5, 5.41) is 51.3. The summed E-state index contributed by atoms with van der Waals surface area (Å²) < 4.78 is 2.34. The van der Waals surface area contributed by atoms with Crippen molar-refractivity contribution in [2.45, 2.75) is 160 Å². The average Bonchev–Trinajstić information content (AvgIpc) is 4.01. The van der Waals surface area contributed by atoms with Crippen LogP contribution in [0.4, 0.5) is 0 Å². The van der Waals surface area contributed by atoms with E-state index in [0.29, 0.717) is 23.8 Å². The molecule has 360 valence electrons. The second kappa shape index (κ2) is 15.7. The van der Waals surface area contributed by atoms with Gasteiger partial charge in [-0.1, -0.05) is 84.4 Å². The quantitative estimate of drug-likeness (QED) is 0.0749. The Morgan fingerprint density at radius 3 is 2.42 bits per heavy atom. The Kier molecular flexibility index (Phi) is 10.7. The van der Waals surface area contributed by atoms with Crippen molar-refractivity contribution >= 4 is 33.3 Å². The molecule has 4 bridgehead atoms. The summed E-state index contributed by atoms with van der Waals surface area (Å²) in [6.45, 7) is 9.97. The van der Waals surface area contributed by atoms with Crippen molar-refractivity contribution in [3.63, 3.8) is 0 Å². The summed E-state index contributed by atoms with van der Waals surface area (Å²) in [6, 6.07) is 0.201. The highest BCUT2D eigenvalue weighted by Crippen LogP contribution is 2.78. The van der Waals surface area contributed by atoms with Crippen LogP contribution in [0.15, 0.2) is 57.7 Å². The number of hydrogen-bond acceptors (Lipinski definition) is 9. The molecule has 8 N–H and O–H groups in total. The number of ketones is 1. The number of nitrogens with zero attached hydrogens (tertiary/aromatic N) is 3. The number of aromatic nitrogens is 2. The summed E-state index contributed by atoms with van der Waals surface area (Å²) in [5.41, 5.74) is 17.4. The minimum absolute atomic E-state index is 0.00634. The van der Waals surface area contributed by atoms with Gasteiger partial charge in [-0.3, -0.25) is 9.79 Å². The first-order valence-corrected chi connectivity index (χ1v) is 28.8. The van der Waals surface area contributed by atoms with Crippen molar-refractivity contribution in [3.8, 4) is 0 Å². The molecule has 11 aliphatic rings. The van der Waals surface area contributed by atoms with E-state index in [1.807, 2.05) is 40.2 Å². The lowest BCUT2D eigenvalue weighted by Crippen LogP contribution is -2.68. The van der Waals surface area contributed by atoms with Crippen LogP contribution >= 0.6 is 21.6 Å². The van der Waals surface area contributed by atoms with Gasteiger partial charge in [-0.05, 0) is 159 Å². The molecule has 12 heteroatoms. The molecule has 10 nitrogen and oxygen atoms in total. The molecule has 1 saturated heterocycles. The summed E-state index contributed by atoms with van der Waals surface area (Å²) in [6.07, 6.45) is 22.1. The van der Waals surface area contributed by atoms with Gasteiger partial charge in [-0.25, -0.2) is 4.98 Å². The van der Waals surface area contributed by atoms with E-state index in [0.717, 1.165) is 62.0 Å². The third-order valence-corrected chi connectivity index (χ3v) is 24.8. The van der Waals surface area contributed by atoms with Crippen LogP contribution in [0.3, 0.4) is 0 Å². The lowest BCUT2D eigenvalue weighted by molar-refractivity contribution is -0.191. The van der Waals surface area contributed by atoms with Crippen LogP contribution in [0, 0.1) is 86.8 Å². The minimum atomic E-state index is -1.33.